The van der Waals surface area contributed by atoms with Crippen LogP contribution in [-0.4, -0.2) is 80.8 Å². The molecule has 7 nitrogen and oxygen atoms in total. The average molecular weight is 547 g/mol. The largest absolute Gasteiger partial charge is 0.368 e. The number of anilines is 1. The zero-order valence-corrected chi connectivity index (χ0v) is 24.0. The van der Waals surface area contributed by atoms with Crippen molar-refractivity contribution in [3.8, 4) is 0 Å². The van der Waals surface area contributed by atoms with Crippen LogP contribution in [0.2, 0.25) is 0 Å². The lowest BCUT2D eigenvalue weighted by Crippen LogP contribution is -2.49. The fourth-order valence-electron chi connectivity index (χ4n) is 5.46. The van der Waals surface area contributed by atoms with Crippen molar-refractivity contribution in [3.05, 3.63) is 94.5 Å². The molecule has 1 amide bonds. The standard InChI is InChI=1S/C31H38N4O3S/c1-24-10-12-29(13-11-24)39(37,38)35-20-14-32(15-21-35)23-27-7-5-8-28(22-27)31(36)34-18-16-33(17-19-34)30-9-4-6-25(2)26(30)3/h4-13,22H,14-21,23H2,1-3H3. The predicted molar refractivity (Wildman–Crippen MR) is 156 cm³/mol. The van der Waals surface area contributed by atoms with Crippen LogP contribution in [0.1, 0.15) is 32.6 Å². The summed E-state index contributed by atoms with van der Waals surface area (Å²) in [6, 6.07) is 21.3. The Bertz CT molecular complexity index is 1420. The summed E-state index contributed by atoms with van der Waals surface area (Å²) >= 11 is 0. The van der Waals surface area contributed by atoms with Crippen LogP contribution in [0, 0.1) is 20.8 Å². The summed E-state index contributed by atoms with van der Waals surface area (Å²) in [7, 11) is -3.48. The van der Waals surface area contributed by atoms with Gasteiger partial charge in [-0.1, -0.05) is 42.0 Å². The van der Waals surface area contributed by atoms with Gasteiger partial charge in [-0.05, 0) is 67.8 Å². The Morgan fingerprint density at radius 1 is 0.769 bits per heavy atom. The molecule has 2 aliphatic heterocycles. The van der Waals surface area contributed by atoms with Gasteiger partial charge in [0.15, 0.2) is 0 Å². The molecule has 206 valence electrons. The quantitative estimate of drug-likeness (QED) is 0.466. The second kappa shape index (κ2) is 11.5. The number of sulfonamides is 1. The first-order valence-electron chi connectivity index (χ1n) is 13.7. The van der Waals surface area contributed by atoms with E-state index in [9.17, 15) is 13.2 Å². The van der Waals surface area contributed by atoms with Gasteiger partial charge >= 0.3 is 0 Å². The maximum absolute atomic E-state index is 13.3. The van der Waals surface area contributed by atoms with Crippen LogP contribution < -0.4 is 4.90 Å². The van der Waals surface area contributed by atoms with Crippen molar-refractivity contribution in [3.63, 3.8) is 0 Å². The van der Waals surface area contributed by atoms with E-state index in [2.05, 4.69) is 41.8 Å². The second-order valence-electron chi connectivity index (χ2n) is 10.7. The summed E-state index contributed by atoms with van der Waals surface area (Å²) < 4.78 is 27.6. The Labute approximate surface area is 232 Å². The molecule has 3 aromatic rings. The fraction of sp³-hybridized carbons (Fsp3) is 0.387. The molecule has 2 fully saturated rings. The van der Waals surface area contributed by atoms with Gasteiger partial charge in [-0.3, -0.25) is 9.69 Å². The van der Waals surface area contributed by atoms with Gasteiger partial charge < -0.3 is 9.80 Å². The molecule has 2 aliphatic rings. The number of piperazine rings is 2. The van der Waals surface area contributed by atoms with Crippen LogP contribution in [0.5, 0.6) is 0 Å². The number of hydrogen-bond donors (Lipinski definition) is 0. The maximum Gasteiger partial charge on any atom is 0.253 e. The molecule has 0 aromatic heterocycles. The molecule has 0 unspecified atom stereocenters. The molecule has 3 aromatic carbocycles. The Kier molecular flexibility index (Phi) is 8.07. The van der Waals surface area contributed by atoms with Gasteiger partial charge in [-0.2, -0.15) is 4.31 Å². The predicted octanol–water partition coefficient (Wildman–Crippen LogP) is 4.08. The zero-order chi connectivity index (χ0) is 27.6. The minimum absolute atomic E-state index is 0.0754. The number of carbonyl (C=O) groups excluding carboxylic acids is 1. The SMILES string of the molecule is Cc1ccc(S(=O)(=O)N2CCN(Cc3cccc(C(=O)N4CCN(c5cccc(C)c5C)CC4)c3)CC2)cc1. The minimum atomic E-state index is -3.48. The van der Waals surface area contributed by atoms with Gasteiger partial charge in [-0.15, -0.1) is 0 Å². The first kappa shape index (κ1) is 27.4. The molecule has 0 aliphatic carbocycles. The Morgan fingerprint density at radius 2 is 1.44 bits per heavy atom. The molecule has 0 saturated carbocycles. The number of carbonyl (C=O) groups is 1. The van der Waals surface area contributed by atoms with E-state index in [0.717, 1.165) is 24.2 Å². The molecule has 0 radical (unpaired) electrons. The number of amides is 1. The van der Waals surface area contributed by atoms with Gasteiger partial charge in [0.05, 0.1) is 4.90 Å². The molecule has 8 heteroatoms. The summed E-state index contributed by atoms with van der Waals surface area (Å²) in [5.74, 6) is 0.0754. The molecule has 2 saturated heterocycles. The lowest BCUT2D eigenvalue weighted by atomic mass is 10.1. The van der Waals surface area contributed by atoms with Gasteiger partial charge in [0, 0.05) is 70.2 Å². The molecular formula is C31H38N4O3S. The summed E-state index contributed by atoms with van der Waals surface area (Å²) in [6.07, 6.45) is 0. The van der Waals surface area contributed by atoms with E-state index in [4.69, 9.17) is 0 Å². The highest BCUT2D eigenvalue weighted by atomic mass is 32.2. The summed E-state index contributed by atoms with van der Waals surface area (Å²) in [5.41, 5.74) is 6.68. The van der Waals surface area contributed by atoms with E-state index in [1.54, 1.807) is 16.4 Å². The van der Waals surface area contributed by atoms with Gasteiger partial charge in [-0.25, -0.2) is 8.42 Å². The Hall–Kier alpha value is -3.20. The summed E-state index contributed by atoms with van der Waals surface area (Å²) in [4.78, 5) is 20.3. The van der Waals surface area contributed by atoms with E-state index in [1.807, 2.05) is 48.2 Å². The first-order valence-corrected chi connectivity index (χ1v) is 15.1. The number of aryl methyl sites for hydroxylation is 2. The number of hydrogen-bond acceptors (Lipinski definition) is 5. The van der Waals surface area contributed by atoms with Crippen molar-refractivity contribution in [1.29, 1.82) is 0 Å². The fourth-order valence-corrected chi connectivity index (χ4v) is 6.88. The number of benzene rings is 3. The van der Waals surface area contributed by atoms with Crippen molar-refractivity contribution < 1.29 is 13.2 Å². The molecule has 5 rings (SSSR count). The van der Waals surface area contributed by atoms with Crippen molar-refractivity contribution in [2.45, 2.75) is 32.2 Å². The minimum Gasteiger partial charge on any atom is -0.368 e. The second-order valence-corrected chi connectivity index (χ2v) is 12.6. The van der Waals surface area contributed by atoms with E-state index in [1.165, 1.54) is 16.8 Å². The van der Waals surface area contributed by atoms with Crippen LogP contribution in [0.3, 0.4) is 0 Å². The normalized spacial score (nSPS) is 17.4. The van der Waals surface area contributed by atoms with E-state index in [-0.39, 0.29) is 5.91 Å². The maximum atomic E-state index is 13.3. The molecule has 0 atom stereocenters. The highest BCUT2D eigenvalue weighted by molar-refractivity contribution is 7.89. The van der Waals surface area contributed by atoms with Gasteiger partial charge in [0.1, 0.15) is 0 Å². The van der Waals surface area contributed by atoms with Gasteiger partial charge in [0.25, 0.3) is 5.91 Å². The first-order chi connectivity index (χ1) is 18.7. The van der Waals surface area contributed by atoms with Crippen LogP contribution in [-0.2, 0) is 16.6 Å². The lowest BCUT2D eigenvalue weighted by Gasteiger charge is -2.37. The van der Waals surface area contributed by atoms with Crippen molar-refractivity contribution >= 4 is 21.6 Å². The molecule has 0 spiro atoms. The highest BCUT2D eigenvalue weighted by Gasteiger charge is 2.29. The molecule has 39 heavy (non-hydrogen) atoms. The van der Waals surface area contributed by atoms with E-state index in [0.29, 0.717) is 56.3 Å². The Balaban J connectivity index is 1.16. The molecular weight excluding hydrogens is 508 g/mol. The number of nitrogens with zero attached hydrogens (tertiary/aromatic N) is 4. The van der Waals surface area contributed by atoms with E-state index >= 15 is 0 Å². The number of rotatable bonds is 6. The third kappa shape index (κ3) is 6.03. The lowest BCUT2D eigenvalue weighted by molar-refractivity contribution is 0.0746. The molecule has 0 bridgehead atoms. The van der Waals surface area contributed by atoms with Crippen LogP contribution in [0.15, 0.2) is 71.6 Å². The molecule has 0 N–H and O–H groups in total. The van der Waals surface area contributed by atoms with Crippen LogP contribution in [0.4, 0.5) is 5.69 Å². The molecule has 2 heterocycles. The van der Waals surface area contributed by atoms with Gasteiger partial charge in [0.2, 0.25) is 10.0 Å². The summed E-state index contributed by atoms with van der Waals surface area (Å²) in [5, 5.41) is 0. The van der Waals surface area contributed by atoms with Crippen molar-refractivity contribution in [2.24, 2.45) is 0 Å². The zero-order valence-electron chi connectivity index (χ0n) is 23.1. The van der Waals surface area contributed by atoms with Crippen LogP contribution >= 0.6 is 0 Å². The topological polar surface area (TPSA) is 64.2 Å². The third-order valence-corrected chi connectivity index (χ3v) is 9.97. The summed E-state index contributed by atoms with van der Waals surface area (Å²) in [6.45, 7) is 12.2. The third-order valence-electron chi connectivity index (χ3n) is 8.05. The van der Waals surface area contributed by atoms with E-state index < -0.39 is 10.0 Å². The van der Waals surface area contributed by atoms with Crippen molar-refractivity contribution in [2.75, 3.05) is 57.3 Å². The smallest absolute Gasteiger partial charge is 0.253 e. The monoisotopic (exact) mass is 546 g/mol. The van der Waals surface area contributed by atoms with Crippen molar-refractivity contribution in [1.82, 2.24) is 14.1 Å². The average Bonchev–Trinajstić information content (AvgIpc) is 2.95. The highest BCUT2D eigenvalue weighted by Crippen LogP contribution is 2.25. The Morgan fingerprint density at radius 3 is 2.13 bits per heavy atom. The van der Waals surface area contributed by atoms with Crippen LogP contribution in [0.25, 0.3) is 0 Å².